The number of carbonyl (C=O) groups excluding carboxylic acids is 1. The molecule has 0 bridgehead atoms. The van der Waals surface area contributed by atoms with Gasteiger partial charge < -0.3 is 4.90 Å². The molecule has 1 atom stereocenters. The molecule has 2 fully saturated rings. The molecule has 23 heavy (non-hydrogen) atoms. The highest BCUT2D eigenvalue weighted by molar-refractivity contribution is 5.83. The van der Waals surface area contributed by atoms with Crippen LogP contribution in [-0.2, 0) is 11.3 Å². The van der Waals surface area contributed by atoms with Crippen LogP contribution in [0.3, 0.4) is 0 Å². The van der Waals surface area contributed by atoms with Crippen molar-refractivity contribution in [3.63, 3.8) is 0 Å². The smallest absolute Gasteiger partial charge is 0.326 e. The topological polar surface area (TPSA) is 23.6 Å². The Kier molecular flexibility index (Phi) is 3.96. The fourth-order valence-electron chi connectivity index (χ4n) is 3.32. The van der Waals surface area contributed by atoms with E-state index in [4.69, 9.17) is 0 Å². The predicted molar refractivity (Wildman–Crippen MR) is 80.6 cm³/mol. The van der Waals surface area contributed by atoms with Crippen molar-refractivity contribution in [1.29, 1.82) is 0 Å². The second-order valence-corrected chi connectivity index (χ2v) is 6.33. The number of benzene rings is 1. The van der Waals surface area contributed by atoms with Crippen molar-refractivity contribution in [3.05, 3.63) is 48.6 Å². The third-order valence-corrected chi connectivity index (χ3v) is 4.72. The number of amides is 1. The Hall–Kier alpha value is -1.82. The van der Waals surface area contributed by atoms with E-state index in [1.165, 1.54) is 0 Å². The number of rotatable bonds is 3. The highest BCUT2D eigenvalue weighted by atomic mass is 19.4. The van der Waals surface area contributed by atoms with Crippen LogP contribution in [-0.4, -0.2) is 46.6 Å². The first kappa shape index (κ1) is 16.1. The predicted octanol–water partition coefficient (Wildman–Crippen LogP) is 2.98. The summed E-state index contributed by atoms with van der Waals surface area (Å²) in [6.45, 7) is 4.89. The first-order valence-corrected chi connectivity index (χ1v) is 7.65. The Labute approximate surface area is 133 Å². The van der Waals surface area contributed by atoms with Gasteiger partial charge in [-0.25, -0.2) is 0 Å². The van der Waals surface area contributed by atoms with E-state index in [2.05, 4.69) is 11.5 Å². The molecule has 0 radical (unpaired) electrons. The van der Waals surface area contributed by atoms with Crippen molar-refractivity contribution in [2.45, 2.75) is 37.1 Å². The molecule has 1 heterocycles. The van der Waals surface area contributed by atoms with Gasteiger partial charge in [0.2, 0.25) is 0 Å². The van der Waals surface area contributed by atoms with Gasteiger partial charge in [-0.1, -0.05) is 36.4 Å². The van der Waals surface area contributed by atoms with Gasteiger partial charge in [0.05, 0.1) is 5.54 Å². The molecule has 3 rings (SSSR count). The van der Waals surface area contributed by atoms with Crippen molar-refractivity contribution in [2.75, 3.05) is 13.1 Å². The summed E-state index contributed by atoms with van der Waals surface area (Å²) in [5, 5.41) is 0. The van der Waals surface area contributed by atoms with Gasteiger partial charge >= 0.3 is 12.1 Å². The van der Waals surface area contributed by atoms with E-state index in [0.29, 0.717) is 25.9 Å². The van der Waals surface area contributed by atoms with E-state index in [-0.39, 0.29) is 12.6 Å². The lowest BCUT2D eigenvalue weighted by Gasteiger charge is -2.46. The number of halogens is 3. The fraction of sp³-hybridized carbons (Fsp3) is 0.471. The zero-order chi connectivity index (χ0) is 16.7. The Morgan fingerprint density at radius 2 is 1.96 bits per heavy atom. The molecule has 2 aliphatic rings. The first-order valence-electron chi connectivity index (χ1n) is 7.65. The zero-order valence-corrected chi connectivity index (χ0v) is 12.7. The molecule has 1 aliphatic heterocycles. The van der Waals surface area contributed by atoms with Gasteiger partial charge in [0, 0.05) is 25.7 Å². The molecule has 1 aromatic rings. The molecule has 1 aliphatic carbocycles. The summed E-state index contributed by atoms with van der Waals surface area (Å²) in [6, 6.07) is 9.52. The summed E-state index contributed by atoms with van der Waals surface area (Å²) < 4.78 is 38.5. The summed E-state index contributed by atoms with van der Waals surface area (Å²) in [7, 11) is 0. The maximum atomic E-state index is 12.8. The Morgan fingerprint density at radius 3 is 2.48 bits per heavy atom. The first-order chi connectivity index (χ1) is 10.9. The lowest BCUT2D eigenvalue weighted by atomic mass is 10.0. The maximum absolute atomic E-state index is 12.8. The molecule has 1 saturated carbocycles. The second-order valence-electron chi connectivity index (χ2n) is 6.33. The second kappa shape index (κ2) is 5.67. The van der Waals surface area contributed by atoms with Crippen LogP contribution >= 0.6 is 0 Å². The van der Waals surface area contributed by atoms with Crippen molar-refractivity contribution in [1.82, 2.24) is 9.80 Å². The molecule has 1 amide bonds. The average molecular weight is 324 g/mol. The molecule has 1 unspecified atom stereocenters. The van der Waals surface area contributed by atoms with Gasteiger partial charge in [0.15, 0.2) is 0 Å². The average Bonchev–Trinajstić information content (AvgIpc) is 3.27. The van der Waals surface area contributed by atoms with Gasteiger partial charge in [-0.15, -0.1) is 6.58 Å². The summed E-state index contributed by atoms with van der Waals surface area (Å²) in [5.41, 5.74) is 0.451. The van der Waals surface area contributed by atoms with Gasteiger partial charge in [-0.3, -0.25) is 9.69 Å². The minimum absolute atomic E-state index is 0.0503. The van der Waals surface area contributed by atoms with Crippen LogP contribution in [0, 0.1) is 0 Å². The highest BCUT2D eigenvalue weighted by Crippen LogP contribution is 2.47. The molecule has 1 saturated heterocycles. The number of carbonyl (C=O) groups is 1. The zero-order valence-electron chi connectivity index (χ0n) is 12.7. The number of nitrogens with zero attached hydrogens (tertiary/aromatic N) is 2. The molecular formula is C17H19F3N2O. The lowest BCUT2D eigenvalue weighted by molar-refractivity contribution is -0.192. The molecule has 6 heteroatoms. The monoisotopic (exact) mass is 324 g/mol. The Balaban J connectivity index is 1.79. The van der Waals surface area contributed by atoms with Crippen LogP contribution in [0.1, 0.15) is 18.4 Å². The fourth-order valence-corrected chi connectivity index (χ4v) is 3.32. The molecule has 124 valence electrons. The van der Waals surface area contributed by atoms with E-state index in [9.17, 15) is 18.0 Å². The van der Waals surface area contributed by atoms with Crippen LogP contribution in [0.5, 0.6) is 0 Å². The third-order valence-electron chi connectivity index (χ3n) is 4.72. The van der Waals surface area contributed by atoms with Crippen LogP contribution in [0.15, 0.2) is 43.0 Å². The standard InChI is InChI=1S/C17H19F3N2O/c1-2-14-11-22(15(23)17(18,19)20)16(8-9-16)12-21(14)10-13-6-4-3-5-7-13/h2-7,14H,1,8-12H2. The summed E-state index contributed by atoms with van der Waals surface area (Å²) in [4.78, 5) is 14.9. The largest absolute Gasteiger partial charge is 0.471 e. The van der Waals surface area contributed by atoms with Crippen LogP contribution in [0.25, 0.3) is 0 Å². The number of alkyl halides is 3. The third kappa shape index (κ3) is 3.13. The number of hydrogen-bond acceptors (Lipinski definition) is 2. The van der Waals surface area contributed by atoms with Crippen molar-refractivity contribution < 1.29 is 18.0 Å². The Morgan fingerprint density at radius 1 is 1.30 bits per heavy atom. The summed E-state index contributed by atoms with van der Waals surface area (Å²) in [5.74, 6) is -1.72. The lowest BCUT2D eigenvalue weighted by Crippen LogP contribution is -2.62. The van der Waals surface area contributed by atoms with E-state index in [0.717, 1.165) is 10.5 Å². The SMILES string of the molecule is C=CC1CN(C(=O)C(F)(F)F)C2(CC2)CN1Cc1ccccc1. The number of hydrogen-bond donors (Lipinski definition) is 0. The van der Waals surface area contributed by atoms with Crippen LogP contribution in [0.2, 0.25) is 0 Å². The summed E-state index contributed by atoms with van der Waals surface area (Å²) in [6.07, 6.45) is -1.92. The van der Waals surface area contributed by atoms with Gasteiger partial charge in [0.1, 0.15) is 0 Å². The Bertz CT molecular complexity index is 596. The van der Waals surface area contributed by atoms with Crippen molar-refractivity contribution >= 4 is 5.91 Å². The van der Waals surface area contributed by atoms with E-state index >= 15 is 0 Å². The molecule has 3 nitrogen and oxygen atoms in total. The quantitative estimate of drug-likeness (QED) is 0.798. The maximum Gasteiger partial charge on any atom is 0.471 e. The normalized spacial score (nSPS) is 23.8. The molecule has 1 spiro atoms. The minimum Gasteiger partial charge on any atom is -0.326 e. The minimum atomic E-state index is -4.82. The van der Waals surface area contributed by atoms with Crippen molar-refractivity contribution in [2.24, 2.45) is 0 Å². The van der Waals surface area contributed by atoms with Gasteiger partial charge in [-0.2, -0.15) is 13.2 Å². The molecular weight excluding hydrogens is 305 g/mol. The molecule has 1 aromatic carbocycles. The molecule has 0 aromatic heterocycles. The van der Waals surface area contributed by atoms with E-state index in [1.54, 1.807) is 6.08 Å². The van der Waals surface area contributed by atoms with Gasteiger partial charge in [-0.05, 0) is 18.4 Å². The van der Waals surface area contributed by atoms with Crippen LogP contribution < -0.4 is 0 Å². The van der Waals surface area contributed by atoms with Crippen LogP contribution in [0.4, 0.5) is 13.2 Å². The van der Waals surface area contributed by atoms with E-state index in [1.807, 2.05) is 30.3 Å². The van der Waals surface area contributed by atoms with Gasteiger partial charge in [0.25, 0.3) is 0 Å². The molecule has 0 N–H and O–H groups in total. The van der Waals surface area contributed by atoms with Crippen molar-refractivity contribution in [3.8, 4) is 0 Å². The van der Waals surface area contributed by atoms with E-state index < -0.39 is 17.6 Å². The summed E-state index contributed by atoms with van der Waals surface area (Å²) >= 11 is 0. The number of piperazine rings is 1. The highest BCUT2D eigenvalue weighted by Gasteiger charge is 2.59.